The minimum Gasteiger partial charge on any atom is -0.309 e. The number of pyridine rings is 1. The van der Waals surface area contributed by atoms with Gasteiger partial charge in [0.2, 0.25) is 0 Å². The number of aromatic nitrogens is 3. The molecule has 0 bridgehead atoms. The molecule has 0 aliphatic carbocycles. The van der Waals surface area contributed by atoms with E-state index in [-0.39, 0.29) is 5.56 Å². The van der Waals surface area contributed by atoms with Crippen molar-refractivity contribution in [2.24, 2.45) is 0 Å². The molecule has 0 aromatic carbocycles. The summed E-state index contributed by atoms with van der Waals surface area (Å²) < 4.78 is 1.59. The van der Waals surface area contributed by atoms with Crippen LogP contribution in [0, 0.1) is 6.92 Å². The average Bonchev–Trinajstić information content (AvgIpc) is 2.28. The summed E-state index contributed by atoms with van der Waals surface area (Å²) in [5, 5.41) is 0.348. The molecule has 2 aromatic heterocycles. The second-order valence-corrected chi connectivity index (χ2v) is 3.84. The van der Waals surface area contributed by atoms with Crippen molar-refractivity contribution < 1.29 is 0 Å². The van der Waals surface area contributed by atoms with E-state index >= 15 is 0 Å². The second-order valence-electron chi connectivity index (χ2n) is 3.45. The Bertz CT molecular complexity index is 548. The van der Waals surface area contributed by atoms with Crippen LogP contribution in [-0.4, -0.2) is 14.5 Å². The standard InChI is InChI=1S/C11H10ClN3O/c1-8-3-2-4-15(11(8)16)7-9-5-14-10(12)6-13-9/h2-6H,7H2,1H3. The third-order valence-electron chi connectivity index (χ3n) is 2.22. The van der Waals surface area contributed by atoms with E-state index in [0.29, 0.717) is 23.0 Å². The Balaban J connectivity index is 2.31. The van der Waals surface area contributed by atoms with Gasteiger partial charge in [-0.25, -0.2) is 4.98 Å². The number of rotatable bonds is 2. The predicted octanol–water partition coefficient (Wildman–Crippen LogP) is 1.65. The van der Waals surface area contributed by atoms with Crippen LogP contribution in [-0.2, 0) is 6.54 Å². The van der Waals surface area contributed by atoms with Crippen molar-refractivity contribution in [3.8, 4) is 0 Å². The molecule has 5 heteroatoms. The zero-order valence-electron chi connectivity index (χ0n) is 8.72. The van der Waals surface area contributed by atoms with Crippen LogP contribution in [0.5, 0.6) is 0 Å². The summed E-state index contributed by atoms with van der Waals surface area (Å²) in [7, 11) is 0. The normalized spacial score (nSPS) is 10.4. The number of hydrogen-bond acceptors (Lipinski definition) is 3. The average molecular weight is 236 g/mol. The van der Waals surface area contributed by atoms with Gasteiger partial charge in [-0.15, -0.1) is 0 Å². The summed E-state index contributed by atoms with van der Waals surface area (Å²) >= 11 is 5.63. The van der Waals surface area contributed by atoms with Crippen molar-refractivity contribution in [2.75, 3.05) is 0 Å². The molecule has 0 unspecified atom stereocenters. The Morgan fingerprint density at radius 3 is 2.88 bits per heavy atom. The summed E-state index contributed by atoms with van der Waals surface area (Å²) in [6, 6.07) is 3.62. The maximum atomic E-state index is 11.7. The molecule has 0 aliphatic rings. The van der Waals surface area contributed by atoms with Gasteiger partial charge >= 0.3 is 0 Å². The first-order valence-electron chi connectivity index (χ1n) is 4.79. The number of nitrogens with zero attached hydrogens (tertiary/aromatic N) is 3. The van der Waals surface area contributed by atoms with Crippen molar-refractivity contribution in [3.63, 3.8) is 0 Å². The first-order chi connectivity index (χ1) is 7.66. The van der Waals surface area contributed by atoms with Gasteiger partial charge in [-0.3, -0.25) is 9.78 Å². The highest BCUT2D eigenvalue weighted by molar-refractivity contribution is 6.29. The van der Waals surface area contributed by atoms with E-state index in [1.54, 1.807) is 30.0 Å². The fourth-order valence-corrected chi connectivity index (χ4v) is 1.47. The summed E-state index contributed by atoms with van der Waals surface area (Å²) in [6.07, 6.45) is 4.76. The van der Waals surface area contributed by atoms with Crippen LogP contribution in [0.25, 0.3) is 0 Å². The molecule has 82 valence electrons. The zero-order valence-corrected chi connectivity index (χ0v) is 9.48. The molecule has 0 saturated heterocycles. The van der Waals surface area contributed by atoms with E-state index < -0.39 is 0 Å². The fourth-order valence-electron chi connectivity index (χ4n) is 1.38. The van der Waals surface area contributed by atoms with Crippen LogP contribution in [0.2, 0.25) is 5.15 Å². The van der Waals surface area contributed by atoms with E-state index in [1.807, 2.05) is 6.07 Å². The lowest BCUT2D eigenvalue weighted by molar-refractivity contribution is 0.729. The third kappa shape index (κ3) is 2.28. The molecule has 2 aromatic rings. The molecular formula is C11H10ClN3O. The summed E-state index contributed by atoms with van der Waals surface area (Å²) in [5.41, 5.74) is 1.40. The number of aryl methyl sites for hydroxylation is 1. The molecule has 0 amide bonds. The molecule has 0 saturated carbocycles. The summed E-state index contributed by atoms with van der Waals surface area (Å²) in [4.78, 5) is 19.7. The molecule has 2 rings (SSSR count). The minimum absolute atomic E-state index is 0.0146. The molecule has 0 fully saturated rings. The van der Waals surface area contributed by atoms with E-state index in [2.05, 4.69) is 9.97 Å². The van der Waals surface area contributed by atoms with Crippen LogP contribution in [0.4, 0.5) is 0 Å². The van der Waals surface area contributed by atoms with E-state index in [9.17, 15) is 4.79 Å². The Hall–Kier alpha value is -1.68. The highest BCUT2D eigenvalue weighted by Crippen LogP contribution is 2.02. The van der Waals surface area contributed by atoms with Gasteiger partial charge in [0.15, 0.2) is 0 Å². The maximum Gasteiger partial charge on any atom is 0.253 e. The van der Waals surface area contributed by atoms with E-state index in [0.717, 1.165) is 0 Å². The van der Waals surface area contributed by atoms with Gasteiger partial charge in [0.25, 0.3) is 5.56 Å². The fraction of sp³-hybridized carbons (Fsp3) is 0.182. The van der Waals surface area contributed by atoms with Crippen molar-refractivity contribution >= 4 is 11.6 Å². The van der Waals surface area contributed by atoms with Crippen molar-refractivity contribution in [1.29, 1.82) is 0 Å². The third-order valence-corrected chi connectivity index (χ3v) is 2.41. The van der Waals surface area contributed by atoms with Gasteiger partial charge in [0, 0.05) is 11.8 Å². The molecule has 0 aliphatic heterocycles. The number of hydrogen-bond donors (Lipinski definition) is 0. The Morgan fingerprint density at radius 1 is 1.38 bits per heavy atom. The Labute approximate surface area is 97.6 Å². The van der Waals surface area contributed by atoms with Crippen LogP contribution in [0.15, 0.2) is 35.5 Å². The van der Waals surface area contributed by atoms with Gasteiger partial charge < -0.3 is 4.57 Å². The SMILES string of the molecule is Cc1cccn(Cc2cnc(Cl)cn2)c1=O. The molecule has 0 radical (unpaired) electrons. The van der Waals surface area contributed by atoms with E-state index in [4.69, 9.17) is 11.6 Å². The topological polar surface area (TPSA) is 47.8 Å². The van der Waals surface area contributed by atoms with E-state index in [1.165, 1.54) is 6.20 Å². The largest absolute Gasteiger partial charge is 0.309 e. The lowest BCUT2D eigenvalue weighted by Gasteiger charge is -2.05. The molecule has 0 atom stereocenters. The molecule has 2 heterocycles. The van der Waals surface area contributed by atoms with Gasteiger partial charge in [-0.05, 0) is 13.0 Å². The Morgan fingerprint density at radius 2 is 2.19 bits per heavy atom. The van der Waals surface area contributed by atoms with Gasteiger partial charge in [-0.2, -0.15) is 0 Å². The van der Waals surface area contributed by atoms with Gasteiger partial charge in [-0.1, -0.05) is 17.7 Å². The van der Waals surface area contributed by atoms with Crippen LogP contribution < -0.4 is 5.56 Å². The smallest absolute Gasteiger partial charge is 0.253 e. The highest BCUT2D eigenvalue weighted by atomic mass is 35.5. The van der Waals surface area contributed by atoms with Gasteiger partial charge in [0.1, 0.15) is 5.15 Å². The lowest BCUT2D eigenvalue weighted by atomic mass is 10.3. The zero-order chi connectivity index (χ0) is 11.5. The molecule has 0 N–H and O–H groups in total. The molecule has 0 spiro atoms. The quantitative estimate of drug-likeness (QED) is 0.795. The summed E-state index contributed by atoms with van der Waals surface area (Å²) in [5.74, 6) is 0. The Kier molecular flexibility index (Phi) is 3.01. The maximum absolute atomic E-state index is 11.7. The van der Waals surface area contributed by atoms with Crippen molar-refractivity contribution in [2.45, 2.75) is 13.5 Å². The first-order valence-corrected chi connectivity index (χ1v) is 5.17. The van der Waals surface area contributed by atoms with Gasteiger partial charge in [0.05, 0.1) is 24.6 Å². The lowest BCUT2D eigenvalue weighted by Crippen LogP contribution is -2.22. The van der Waals surface area contributed by atoms with Crippen LogP contribution in [0.1, 0.15) is 11.3 Å². The summed E-state index contributed by atoms with van der Waals surface area (Å²) in [6.45, 7) is 2.19. The van der Waals surface area contributed by atoms with Crippen molar-refractivity contribution in [1.82, 2.24) is 14.5 Å². The first kappa shape index (κ1) is 10.8. The van der Waals surface area contributed by atoms with Crippen LogP contribution >= 0.6 is 11.6 Å². The molecule has 4 nitrogen and oxygen atoms in total. The van der Waals surface area contributed by atoms with Crippen LogP contribution in [0.3, 0.4) is 0 Å². The minimum atomic E-state index is -0.0146. The molecular weight excluding hydrogens is 226 g/mol. The molecule has 16 heavy (non-hydrogen) atoms. The monoisotopic (exact) mass is 235 g/mol. The number of halogens is 1. The highest BCUT2D eigenvalue weighted by Gasteiger charge is 2.01. The predicted molar refractivity (Wildman–Crippen MR) is 61.6 cm³/mol. The van der Waals surface area contributed by atoms with Crippen molar-refractivity contribution in [3.05, 3.63) is 57.5 Å². The second kappa shape index (κ2) is 4.45.